The monoisotopic (exact) mass is 591 g/mol. The fraction of sp³-hybridized carbons (Fsp3) is 0.0625. The van der Waals surface area contributed by atoms with Crippen LogP contribution in [0.4, 0.5) is 13.2 Å². The molecule has 4 aromatic carbocycles. The Balaban J connectivity index is 1.44. The zero-order chi connectivity index (χ0) is 29.1. The topological polar surface area (TPSA) is 60.9 Å². The second-order valence-corrected chi connectivity index (χ2v) is 10.2. The van der Waals surface area contributed by atoms with Crippen LogP contribution in [0.2, 0.25) is 10.0 Å². The molecule has 0 aliphatic carbocycles. The van der Waals surface area contributed by atoms with Gasteiger partial charge in [-0.3, -0.25) is 4.79 Å². The van der Waals surface area contributed by atoms with E-state index in [1.807, 2.05) is 47.2 Å². The van der Waals surface area contributed by atoms with E-state index in [1.54, 1.807) is 48.5 Å². The molecule has 0 fully saturated rings. The van der Waals surface area contributed by atoms with Crippen LogP contribution >= 0.6 is 23.2 Å². The number of halogens is 5. The molecule has 0 radical (unpaired) electrons. The molecule has 41 heavy (non-hydrogen) atoms. The first-order valence-corrected chi connectivity index (χ1v) is 13.2. The Morgan fingerprint density at radius 3 is 2.27 bits per heavy atom. The first kappa shape index (κ1) is 28.2. The van der Waals surface area contributed by atoms with E-state index in [9.17, 15) is 18.0 Å². The van der Waals surface area contributed by atoms with E-state index >= 15 is 0 Å². The summed E-state index contributed by atoms with van der Waals surface area (Å²) in [6.45, 7) is 0.464. The normalized spacial score (nSPS) is 11.7. The number of imidazole rings is 1. The van der Waals surface area contributed by atoms with E-state index < -0.39 is 17.6 Å². The number of primary amides is 1. The number of nitrogens with zero attached hydrogens (tertiary/aromatic N) is 2. The Labute approximate surface area is 244 Å². The average molecular weight is 592 g/mol. The Hall–Kier alpha value is -4.33. The van der Waals surface area contributed by atoms with Crippen LogP contribution in [0.3, 0.4) is 0 Å². The van der Waals surface area contributed by atoms with E-state index in [1.165, 1.54) is 6.07 Å². The lowest BCUT2D eigenvalue weighted by atomic mass is 10.0. The maximum absolute atomic E-state index is 13.1. The number of nitrogens with two attached hydrogens (primary N) is 1. The summed E-state index contributed by atoms with van der Waals surface area (Å²) < 4.78 is 41.3. The number of benzene rings is 4. The number of hydrogen-bond acceptors (Lipinski definition) is 2. The van der Waals surface area contributed by atoms with Crippen molar-refractivity contribution < 1.29 is 18.0 Å². The molecule has 9 heteroatoms. The first-order chi connectivity index (χ1) is 19.6. The van der Waals surface area contributed by atoms with Gasteiger partial charge in [-0.2, -0.15) is 13.2 Å². The molecule has 0 saturated carbocycles. The van der Waals surface area contributed by atoms with Gasteiger partial charge in [0.25, 0.3) is 0 Å². The van der Waals surface area contributed by atoms with Crippen LogP contribution in [0.1, 0.15) is 32.9 Å². The number of aromatic nitrogens is 2. The number of rotatable bonds is 7. The maximum Gasteiger partial charge on any atom is 0.416 e. The van der Waals surface area contributed by atoms with Crippen molar-refractivity contribution in [2.24, 2.45) is 5.73 Å². The fourth-order valence-corrected chi connectivity index (χ4v) is 4.83. The third-order valence-corrected chi connectivity index (χ3v) is 7.01. The van der Waals surface area contributed by atoms with E-state index in [0.717, 1.165) is 28.8 Å². The van der Waals surface area contributed by atoms with Crippen molar-refractivity contribution >= 4 is 41.3 Å². The summed E-state index contributed by atoms with van der Waals surface area (Å²) in [4.78, 5) is 16.2. The van der Waals surface area contributed by atoms with Gasteiger partial charge in [0.1, 0.15) is 5.82 Å². The minimum absolute atomic E-state index is 0.418. The van der Waals surface area contributed by atoms with Gasteiger partial charge >= 0.3 is 6.18 Å². The van der Waals surface area contributed by atoms with Gasteiger partial charge in [-0.1, -0.05) is 77.8 Å². The summed E-state index contributed by atoms with van der Waals surface area (Å²) in [5.74, 6) is 0.147. The summed E-state index contributed by atoms with van der Waals surface area (Å²) in [5, 5.41) is 0.982. The van der Waals surface area contributed by atoms with Gasteiger partial charge in [-0.25, -0.2) is 4.98 Å². The van der Waals surface area contributed by atoms with Crippen LogP contribution in [-0.4, -0.2) is 15.5 Å². The summed E-state index contributed by atoms with van der Waals surface area (Å²) in [5.41, 5.74) is 9.40. The van der Waals surface area contributed by atoms with Crippen LogP contribution in [-0.2, 0) is 12.7 Å². The van der Waals surface area contributed by atoms with Crippen molar-refractivity contribution in [3.8, 4) is 22.4 Å². The molecule has 1 aromatic heterocycles. The lowest BCUT2D eigenvalue weighted by Crippen LogP contribution is -2.10. The highest BCUT2D eigenvalue weighted by atomic mass is 35.5. The van der Waals surface area contributed by atoms with Crippen LogP contribution in [0.25, 0.3) is 34.5 Å². The van der Waals surface area contributed by atoms with E-state index in [2.05, 4.69) is 0 Å². The molecule has 0 saturated heterocycles. The fourth-order valence-electron chi connectivity index (χ4n) is 4.32. The van der Waals surface area contributed by atoms with Gasteiger partial charge in [0.05, 0.1) is 16.3 Å². The molecular weight excluding hydrogens is 570 g/mol. The molecule has 5 aromatic rings. The molecule has 1 heterocycles. The summed E-state index contributed by atoms with van der Waals surface area (Å²) in [6, 6.07) is 24.7. The van der Waals surface area contributed by atoms with Gasteiger partial charge in [0, 0.05) is 28.9 Å². The molecule has 206 valence electrons. The van der Waals surface area contributed by atoms with Crippen LogP contribution in [0.5, 0.6) is 0 Å². The second kappa shape index (κ2) is 11.6. The molecule has 0 aliphatic rings. The van der Waals surface area contributed by atoms with Crippen molar-refractivity contribution in [2.75, 3.05) is 0 Å². The van der Waals surface area contributed by atoms with Crippen molar-refractivity contribution in [3.05, 3.63) is 135 Å². The van der Waals surface area contributed by atoms with Crippen molar-refractivity contribution in [3.63, 3.8) is 0 Å². The molecule has 2 N–H and O–H groups in total. The molecule has 0 spiro atoms. The Morgan fingerprint density at radius 1 is 0.878 bits per heavy atom. The third-order valence-electron chi connectivity index (χ3n) is 6.46. The number of alkyl halides is 3. The largest absolute Gasteiger partial charge is 0.416 e. The van der Waals surface area contributed by atoms with Gasteiger partial charge in [-0.15, -0.1) is 0 Å². The molecular formula is C32H22Cl2F3N3O. The minimum atomic E-state index is -4.40. The minimum Gasteiger partial charge on any atom is -0.366 e. The molecule has 0 unspecified atom stereocenters. The molecule has 0 aliphatic heterocycles. The third kappa shape index (κ3) is 6.70. The van der Waals surface area contributed by atoms with Gasteiger partial charge < -0.3 is 10.3 Å². The summed E-state index contributed by atoms with van der Waals surface area (Å²) >= 11 is 12.5. The molecule has 0 atom stereocenters. The van der Waals surface area contributed by atoms with Crippen molar-refractivity contribution in [2.45, 2.75) is 12.7 Å². The predicted octanol–water partition coefficient (Wildman–Crippen LogP) is 8.86. The number of hydrogen-bond donors (Lipinski definition) is 1. The lowest BCUT2D eigenvalue weighted by molar-refractivity contribution is -0.137. The Morgan fingerprint density at radius 2 is 1.61 bits per heavy atom. The van der Waals surface area contributed by atoms with E-state index in [0.29, 0.717) is 44.8 Å². The zero-order valence-electron chi connectivity index (χ0n) is 21.4. The van der Waals surface area contributed by atoms with Gasteiger partial charge in [0.15, 0.2) is 0 Å². The highest BCUT2D eigenvalue weighted by Gasteiger charge is 2.30. The molecule has 1 amide bonds. The quantitative estimate of drug-likeness (QED) is 0.205. The van der Waals surface area contributed by atoms with E-state index in [4.69, 9.17) is 33.9 Å². The maximum atomic E-state index is 13.1. The highest BCUT2D eigenvalue weighted by Crippen LogP contribution is 2.33. The summed E-state index contributed by atoms with van der Waals surface area (Å²) in [7, 11) is 0. The predicted molar refractivity (Wildman–Crippen MR) is 158 cm³/mol. The number of carbonyl (C=O) groups excluding carboxylic acids is 1. The Kier molecular flexibility index (Phi) is 8.01. The van der Waals surface area contributed by atoms with Gasteiger partial charge in [-0.05, 0) is 70.8 Å². The average Bonchev–Trinajstić information content (AvgIpc) is 3.34. The number of amides is 1. The smallest absolute Gasteiger partial charge is 0.366 e. The van der Waals surface area contributed by atoms with Crippen LogP contribution in [0, 0.1) is 0 Å². The van der Waals surface area contributed by atoms with Gasteiger partial charge in [0.2, 0.25) is 5.91 Å². The van der Waals surface area contributed by atoms with Crippen LogP contribution < -0.4 is 5.73 Å². The highest BCUT2D eigenvalue weighted by molar-refractivity contribution is 6.36. The molecule has 4 nitrogen and oxygen atoms in total. The SMILES string of the molecule is NC(=O)c1ccc(Cn2cc(-c3ccc(Cl)cc3Cl)nc2/C=C/c2ccc(-c3cccc(C(F)(F)F)c3)cc2)cc1. The van der Waals surface area contributed by atoms with E-state index in [-0.39, 0.29) is 0 Å². The molecule has 5 rings (SSSR count). The van der Waals surface area contributed by atoms with Crippen molar-refractivity contribution in [1.82, 2.24) is 9.55 Å². The first-order valence-electron chi connectivity index (χ1n) is 12.4. The van der Waals surface area contributed by atoms with Crippen LogP contribution in [0.15, 0.2) is 97.2 Å². The lowest BCUT2D eigenvalue weighted by Gasteiger charge is -2.09. The summed E-state index contributed by atoms with van der Waals surface area (Å²) in [6.07, 6.45) is 1.20. The number of carbonyl (C=O) groups is 1. The Bertz CT molecular complexity index is 1740. The van der Waals surface area contributed by atoms with Crippen molar-refractivity contribution in [1.29, 1.82) is 0 Å². The zero-order valence-corrected chi connectivity index (χ0v) is 22.9. The second-order valence-electron chi connectivity index (χ2n) is 9.33. The standard InChI is InChI=1S/C32H22Cl2F3N3O/c33-26-13-14-27(28(34)17-26)29-19-40(18-21-6-11-23(12-7-21)31(38)41)30(39-29)15-8-20-4-9-22(10-5-20)24-2-1-3-25(16-24)32(35,36)37/h1-17,19H,18H2,(H2,38,41)/b15-8+. The molecule has 0 bridgehead atoms.